The quantitative estimate of drug-likeness (QED) is 0.722. The van der Waals surface area contributed by atoms with Crippen LogP contribution in [-0.4, -0.2) is 41.6 Å². The molecule has 138 valence electrons. The molecule has 0 saturated carbocycles. The van der Waals surface area contributed by atoms with Gasteiger partial charge in [-0.3, -0.25) is 0 Å². The predicted molar refractivity (Wildman–Crippen MR) is 101 cm³/mol. The minimum absolute atomic E-state index is 0.221. The number of nitrogens with zero attached hydrogens (tertiary/aromatic N) is 2. The zero-order valence-corrected chi connectivity index (χ0v) is 15.0. The monoisotopic (exact) mass is 365 g/mol. The summed E-state index contributed by atoms with van der Waals surface area (Å²) in [6, 6.07) is 12.4. The van der Waals surface area contributed by atoms with Crippen LogP contribution in [-0.2, 0) is 6.42 Å². The van der Waals surface area contributed by atoms with Crippen LogP contribution in [0.2, 0.25) is 0 Å². The van der Waals surface area contributed by atoms with E-state index in [-0.39, 0.29) is 5.56 Å². The summed E-state index contributed by atoms with van der Waals surface area (Å²) in [5, 5.41) is 17.4. The van der Waals surface area contributed by atoms with Gasteiger partial charge in [-0.2, -0.15) is 5.10 Å². The molecule has 1 aromatic heterocycles. The van der Waals surface area contributed by atoms with Crippen LogP contribution < -0.4 is 14.8 Å². The molecule has 4 rings (SSSR count). The number of methoxy groups -OCH3 is 2. The van der Waals surface area contributed by atoms with Crippen LogP contribution in [0, 0.1) is 0 Å². The van der Waals surface area contributed by atoms with Gasteiger partial charge in [0, 0.05) is 23.7 Å². The number of nitrogens with one attached hydrogen (secondary N) is 1. The standard InChI is InChI=1S/C20H19N3O4/c1-26-14-6-7-15(17(11-14)27-2)18-16-8-9-21-19(16)23(22-18)13-5-3-4-12(10-13)20(24)25/h3-7,10-11,21H,8-9H2,1-2H3,(H,24,25). The van der Waals surface area contributed by atoms with E-state index in [9.17, 15) is 9.90 Å². The largest absolute Gasteiger partial charge is 0.497 e. The predicted octanol–water partition coefficient (Wildman–Crippen LogP) is 3.22. The van der Waals surface area contributed by atoms with Crippen LogP contribution in [0.5, 0.6) is 11.5 Å². The highest BCUT2D eigenvalue weighted by atomic mass is 16.5. The van der Waals surface area contributed by atoms with Gasteiger partial charge in [-0.25, -0.2) is 9.48 Å². The molecule has 7 nitrogen and oxygen atoms in total. The molecule has 27 heavy (non-hydrogen) atoms. The van der Waals surface area contributed by atoms with E-state index in [1.807, 2.05) is 24.3 Å². The molecule has 0 aliphatic carbocycles. The third kappa shape index (κ3) is 2.87. The average Bonchev–Trinajstić information content (AvgIpc) is 3.30. The van der Waals surface area contributed by atoms with Gasteiger partial charge in [-0.05, 0) is 36.8 Å². The van der Waals surface area contributed by atoms with E-state index in [0.717, 1.165) is 35.6 Å². The van der Waals surface area contributed by atoms with Crippen LogP contribution in [0.4, 0.5) is 5.82 Å². The van der Waals surface area contributed by atoms with Crippen LogP contribution in [0.3, 0.4) is 0 Å². The van der Waals surface area contributed by atoms with Crippen molar-refractivity contribution in [3.63, 3.8) is 0 Å². The molecule has 2 N–H and O–H groups in total. The summed E-state index contributed by atoms with van der Waals surface area (Å²) in [5.41, 5.74) is 3.68. The van der Waals surface area contributed by atoms with Crippen molar-refractivity contribution < 1.29 is 19.4 Å². The summed E-state index contributed by atoms with van der Waals surface area (Å²) in [6.45, 7) is 0.803. The molecule has 0 unspecified atom stereocenters. The second-order valence-electron chi connectivity index (χ2n) is 6.19. The Hall–Kier alpha value is -3.48. The molecule has 1 aliphatic rings. The van der Waals surface area contributed by atoms with Gasteiger partial charge in [0.05, 0.1) is 25.5 Å². The van der Waals surface area contributed by atoms with Gasteiger partial charge in [0.1, 0.15) is 23.0 Å². The molecular formula is C20H19N3O4. The normalized spacial score (nSPS) is 12.4. The Balaban J connectivity index is 1.87. The van der Waals surface area contributed by atoms with Gasteiger partial charge in [0.25, 0.3) is 0 Å². The topological polar surface area (TPSA) is 85.6 Å². The van der Waals surface area contributed by atoms with Crippen molar-refractivity contribution in [2.24, 2.45) is 0 Å². The molecule has 0 saturated heterocycles. The minimum Gasteiger partial charge on any atom is -0.497 e. The third-order valence-corrected chi connectivity index (χ3v) is 4.65. The van der Waals surface area contributed by atoms with E-state index in [1.54, 1.807) is 37.1 Å². The van der Waals surface area contributed by atoms with Crippen molar-refractivity contribution in [1.82, 2.24) is 9.78 Å². The third-order valence-electron chi connectivity index (χ3n) is 4.65. The van der Waals surface area contributed by atoms with Crippen LogP contribution in [0.1, 0.15) is 15.9 Å². The lowest BCUT2D eigenvalue weighted by Crippen LogP contribution is -2.06. The number of carboxylic acid groups (broad SMARTS) is 1. The lowest BCUT2D eigenvalue weighted by atomic mass is 10.1. The number of carboxylic acids is 1. The van der Waals surface area contributed by atoms with Crippen molar-refractivity contribution in [2.75, 3.05) is 26.1 Å². The molecule has 0 amide bonds. The van der Waals surface area contributed by atoms with E-state index >= 15 is 0 Å². The first-order valence-corrected chi connectivity index (χ1v) is 8.54. The summed E-state index contributed by atoms with van der Waals surface area (Å²) in [7, 11) is 3.23. The maximum absolute atomic E-state index is 11.3. The van der Waals surface area contributed by atoms with Crippen molar-refractivity contribution in [1.29, 1.82) is 0 Å². The molecular weight excluding hydrogens is 346 g/mol. The summed E-state index contributed by atoms with van der Waals surface area (Å²) >= 11 is 0. The maximum Gasteiger partial charge on any atom is 0.335 e. The number of benzene rings is 2. The van der Waals surface area contributed by atoms with Crippen LogP contribution >= 0.6 is 0 Å². The fraction of sp³-hybridized carbons (Fsp3) is 0.200. The summed E-state index contributed by atoms with van der Waals surface area (Å²) < 4.78 is 12.6. The number of aromatic nitrogens is 2. The summed E-state index contributed by atoms with van der Waals surface area (Å²) in [4.78, 5) is 11.3. The van der Waals surface area contributed by atoms with Gasteiger partial charge < -0.3 is 19.9 Å². The first-order chi connectivity index (χ1) is 13.1. The van der Waals surface area contributed by atoms with E-state index in [4.69, 9.17) is 14.6 Å². The Bertz CT molecular complexity index is 1030. The van der Waals surface area contributed by atoms with Crippen LogP contribution in [0.25, 0.3) is 16.9 Å². The molecule has 2 aromatic carbocycles. The SMILES string of the molecule is COc1ccc(-c2nn(-c3cccc(C(=O)O)c3)c3c2CCN3)c(OC)c1. The highest BCUT2D eigenvalue weighted by Gasteiger charge is 2.26. The van der Waals surface area contributed by atoms with E-state index in [2.05, 4.69) is 5.32 Å². The second-order valence-corrected chi connectivity index (χ2v) is 6.19. The number of aromatic carboxylic acids is 1. The number of fused-ring (bicyclic) bond motifs is 1. The Morgan fingerprint density at radius 3 is 2.78 bits per heavy atom. The van der Waals surface area contributed by atoms with E-state index < -0.39 is 5.97 Å². The van der Waals surface area contributed by atoms with Gasteiger partial charge in [-0.15, -0.1) is 0 Å². The van der Waals surface area contributed by atoms with Gasteiger partial charge >= 0.3 is 5.97 Å². The number of ether oxygens (including phenoxy) is 2. The maximum atomic E-state index is 11.3. The molecule has 2 heterocycles. The number of hydrogen-bond acceptors (Lipinski definition) is 5. The van der Waals surface area contributed by atoms with E-state index in [0.29, 0.717) is 17.2 Å². The second kappa shape index (κ2) is 6.68. The van der Waals surface area contributed by atoms with Crippen molar-refractivity contribution in [2.45, 2.75) is 6.42 Å². The zero-order chi connectivity index (χ0) is 19.0. The Labute approximate surface area is 156 Å². The summed E-state index contributed by atoms with van der Waals surface area (Å²) in [5.74, 6) is 1.29. The van der Waals surface area contributed by atoms with Gasteiger partial charge in [0.15, 0.2) is 0 Å². The number of rotatable bonds is 5. The highest BCUT2D eigenvalue weighted by Crippen LogP contribution is 2.39. The molecule has 7 heteroatoms. The first kappa shape index (κ1) is 17.0. The van der Waals surface area contributed by atoms with Crippen molar-refractivity contribution in [3.8, 4) is 28.4 Å². The minimum atomic E-state index is -0.967. The number of hydrogen-bond donors (Lipinski definition) is 2. The number of anilines is 1. The average molecular weight is 365 g/mol. The molecule has 1 aliphatic heterocycles. The van der Waals surface area contributed by atoms with Crippen molar-refractivity contribution in [3.05, 3.63) is 53.6 Å². The zero-order valence-electron chi connectivity index (χ0n) is 15.0. The Kier molecular flexibility index (Phi) is 4.19. The molecule has 0 radical (unpaired) electrons. The lowest BCUT2D eigenvalue weighted by molar-refractivity contribution is 0.0697. The highest BCUT2D eigenvalue weighted by molar-refractivity contribution is 5.88. The molecule has 0 fully saturated rings. The first-order valence-electron chi connectivity index (χ1n) is 8.54. The summed E-state index contributed by atoms with van der Waals surface area (Å²) in [6.07, 6.45) is 0.832. The Morgan fingerprint density at radius 1 is 1.19 bits per heavy atom. The fourth-order valence-electron chi connectivity index (χ4n) is 3.34. The molecule has 0 spiro atoms. The van der Waals surface area contributed by atoms with Crippen LogP contribution in [0.15, 0.2) is 42.5 Å². The fourth-order valence-corrected chi connectivity index (χ4v) is 3.34. The Morgan fingerprint density at radius 2 is 2.04 bits per heavy atom. The molecule has 0 atom stereocenters. The smallest absolute Gasteiger partial charge is 0.335 e. The molecule has 0 bridgehead atoms. The number of carbonyl (C=O) groups is 1. The molecule has 3 aromatic rings. The van der Waals surface area contributed by atoms with Gasteiger partial charge in [-0.1, -0.05) is 6.07 Å². The lowest BCUT2D eigenvalue weighted by Gasteiger charge is -2.10. The van der Waals surface area contributed by atoms with E-state index in [1.165, 1.54) is 0 Å². The van der Waals surface area contributed by atoms with Crippen molar-refractivity contribution >= 4 is 11.8 Å². The van der Waals surface area contributed by atoms with Gasteiger partial charge in [0.2, 0.25) is 0 Å².